The third-order valence-electron chi connectivity index (χ3n) is 2.81. The number of aromatic amines is 1. The second kappa shape index (κ2) is 8.43. The summed E-state index contributed by atoms with van der Waals surface area (Å²) in [5.74, 6) is 0.237. The van der Waals surface area contributed by atoms with Crippen LogP contribution in [0.5, 0.6) is 0 Å². The van der Waals surface area contributed by atoms with Crippen LogP contribution < -0.4 is 0 Å². The summed E-state index contributed by atoms with van der Waals surface area (Å²) in [6, 6.07) is -0.522. The van der Waals surface area contributed by atoms with Crippen molar-refractivity contribution in [1.82, 2.24) is 20.6 Å². The highest BCUT2D eigenvalue weighted by atomic mass is 16.3. The molecule has 2 N–H and O–H groups in total. The zero-order chi connectivity index (χ0) is 13.2. The minimum absolute atomic E-state index is 0.237. The summed E-state index contributed by atoms with van der Waals surface area (Å²) in [7, 11) is 0. The molecule has 2 atom stereocenters. The number of azide groups is 1. The molecule has 0 fully saturated rings. The van der Waals surface area contributed by atoms with Crippen molar-refractivity contribution in [3.05, 3.63) is 16.3 Å². The molecular weight excluding hydrogens is 234 g/mol. The molecule has 0 radical (unpaired) electrons. The summed E-state index contributed by atoms with van der Waals surface area (Å²) in [6.45, 7) is 2.16. The van der Waals surface area contributed by atoms with Crippen LogP contribution in [0.2, 0.25) is 0 Å². The Morgan fingerprint density at radius 3 is 2.78 bits per heavy atom. The van der Waals surface area contributed by atoms with Crippen molar-refractivity contribution in [3.63, 3.8) is 0 Å². The zero-order valence-electron chi connectivity index (χ0n) is 10.5. The highest BCUT2D eigenvalue weighted by molar-refractivity contribution is 4.91. The Bertz CT molecular complexity index is 360. The van der Waals surface area contributed by atoms with Gasteiger partial charge in [0.1, 0.15) is 6.10 Å². The van der Waals surface area contributed by atoms with Crippen LogP contribution in [0, 0.1) is 0 Å². The van der Waals surface area contributed by atoms with Gasteiger partial charge < -0.3 is 5.11 Å². The maximum atomic E-state index is 9.96. The van der Waals surface area contributed by atoms with Gasteiger partial charge in [-0.3, -0.25) is 0 Å². The molecule has 0 aromatic carbocycles. The van der Waals surface area contributed by atoms with Crippen molar-refractivity contribution in [3.8, 4) is 0 Å². The molecule has 0 amide bonds. The number of aromatic nitrogens is 4. The zero-order valence-corrected chi connectivity index (χ0v) is 10.5. The molecular formula is C10H19N7O. The second-order valence-corrected chi connectivity index (χ2v) is 4.21. The van der Waals surface area contributed by atoms with Gasteiger partial charge in [0.05, 0.1) is 6.04 Å². The van der Waals surface area contributed by atoms with E-state index < -0.39 is 12.1 Å². The van der Waals surface area contributed by atoms with Gasteiger partial charge in [0.25, 0.3) is 0 Å². The summed E-state index contributed by atoms with van der Waals surface area (Å²) in [5, 5.41) is 26.5. The minimum Gasteiger partial charge on any atom is -0.385 e. The Morgan fingerprint density at radius 1 is 1.39 bits per heavy atom. The monoisotopic (exact) mass is 253 g/mol. The maximum absolute atomic E-state index is 9.96. The van der Waals surface area contributed by atoms with E-state index in [1.165, 1.54) is 19.3 Å². The molecule has 8 heteroatoms. The van der Waals surface area contributed by atoms with E-state index in [0.717, 1.165) is 12.8 Å². The maximum Gasteiger partial charge on any atom is 0.177 e. The standard InChI is InChI=1S/C10H19N7O/c1-2-3-4-5-6-7-8(12-15-11)9(18)10-13-16-17-14-10/h8-9,18H,2-7H2,1H3,(H,13,14,16,17). The molecule has 0 spiro atoms. The highest BCUT2D eigenvalue weighted by Crippen LogP contribution is 2.20. The van der Waals surface area contributed by atoms with Gasteiger partial charge >= 0.3 is 0 Å². The van der Waals surface area contributed by atoms with Gasteiger partial charge in [-0.15, -0.1) is 5.10 Å². The first-order valence-corrected chi connectivity index (χ1v) is 6.25. The van der Waals surface area contributed by atoms with Crippen LogP contribution in [-0.2, 0) is 0 Å². The molecule has 0 saturated heterocycles. The SMILES string of the molecule is CCCCCCCC(N=[N+]=[N-])C(O)c1nnn[nH]1. The fraction of sp³-hybridized carbons (Fsp3) is 0.900. The van der Waals surface area contributed by atoms with E-state index in [1.54, 1.807) is 0 Å². The van der Waals surface area contributed by atoms with E-state index in [1.807, 2.05) is 0 Å². The van der Waals surface area contributed by atoms with Crippen LogP contribution in [0.15, 0.2) is 5.11 Å². The molecule has 0 bridgehead atoms. The van der Waals surface area contributed by atoms with E-state index in [9.17, 15) is 5.11 Å². The number of aliphatic hydroxyl groups excluding tert-OH is 1. The number of tetrazole rings is 1. The number of hydrogen-bond donors (Lipinski definition) is 2. The number of H-pyrrole nitrogens is 1. The van der Waals surface area contributed by atoms with Crippen LogP contribution in [0.25, 0.3) is 10.4 Å². The first-order chi connectivity index (χ1) is 8.79. The molecule has 1 heterocycles. The third kappa shape index (κ3) is 4.68. The van der Waals surface area contributed by atoms with Gasteiger partial charge in [0, 0.05) is 4.91 Å². The van der Waals surface area contributed by atoms with Gasteiger partial charge in [0.15, 0.2) is 5.82 Å². The molecule has 0 aliphatic heterocycles. The molecule has 1 rings (SSSR count). The Morgan fingerprint density at radius 2 is 2.17 bits per heavy atom. The van der Waals surface area contributed by atoms with E-state index in [4.69, 9.17) is 5.53 Å². The number of nitrogens with one attached hydrogen (secondary N) is 1. The number of unbranched alkanes of at least 4 members (excludes halogenated alkanes) is 4. The van der Waals surface area contributed by atoms with Crippen LogP contribution in [0.4, 0.5) is 0 Å². The first-order valence-electron chi connectivity index (χ1n) is 6.25. The molecule has 1 aromatic heterocycles. The van der Waals surface area contributed by atoms with Crippen molar-refractivity contribution < 1.29 is 5.11 Å². The summed E-state index contributed by atoms with van der Waals surface area (Å²) in [4.78, 5) is 2.76. The van der Waals surface area contributed by atoms with Crippen LogP contribution >= 0.6 is 0 Å². The van der Waals surface area contributed by atoms with Crippen LogP contribution in [0.1, 0.15) is 57.4 Å². The molecule has 1 aromatic rings. The quantitative estimate of drug-likeness (QED) is 0.303. The lowest BCUT2D eigenvalue weighted by molar-refractivity contribution is 0.131. The number of rotatable bonds is 9. The van der Waals surface area contributed by atoms with Gasteiger partial charge in [0.2, 0.25) is 0 Å². The summed E-state index contributed by atoms with van der Waals surface area (Å²) >= 11 is 0. The Labute approximate surface area is 105 Å². The van der Waals surface area contributed by atoms with E-state index in [-0.39, 0.29) is 5.82 Å². The number of aliphatic hydroxyl groups is 1. The first kappa shape index (κ1) is 14.4. The molecule has 0 aliphatic rings. The smallest absolute Gasteiger partial charge is 0.177 e. The fourth-order valence-corrected chi connectivity index (χ4v) is 1.78. The largest absolute Gasteiger partial charge is 0.385 e. The van der Waals surface area contributed by atoms with Gasteiger partial charge in [-0.1, -0.05) is 44.1 Å². The Kier molecular flexibility index (Phi) is 6.75. The number of hydrogen-bond acceptors (Lipinski definition) is 5. The van der Waals surface area contributed by atoms with Crippen molar-refractivity contribution in [2.45, 2.75) is 57.6 Å². The number of nitrogens with zero attached hydrogens (tertiary/aromatic N) is 6. The molecule has 18 heavy (non-hydrogen) atoms. The summed E-state index contributed by atoms with van der Waals surface area (Å²) in [6.07, 6.45) is 5.22. The lowest BCUT2D eigenvalue weighted by Gasteiger charge is -2.15. The average molecular weight is 253 g/mol. The van der Waals surface area contributed by atoms with E-state index >= 15 is 0 Å². The van der Waals surface area contributed by atoms with Crippen molar-refractivity contribution in [2.24, 2.45) is 5.11 Å². The predicted octanol–water partition coefficient (Wildman–Crippen LogP) is 2.27. The molecule has 8 nitrogen and oxygen atoms in total. The van der Waals surface area contributed by atoms with Gasteiger partial charge in [-0.2, -0.15) is 0 Å². The van der Waals surface area contributed by atoms with Crippen LogP contribution in [0.3, 0.4) is 0 Å². The van der Waals surface area contributed by atoms with Gasteiger partial charge in [-0.25, -0.2) is 5.10 Å². The highest BCUT2D eigenvalue weighted by Gasteiger charge is 2.22. The lowest BCUT2D eigenvalue weighted by Crippen LogP contribution is -2.17. The Balaban J connectivity index is 2.42. The predicted molar refractivity (Wildman–Crippen MR) is 65.4 cm³/mol. The van der Waals surface area contributed by atoms with Gasteiger partial charge in [-0.05, 0) is 22.4 Å². The molecule has 0 saturated carbocycles. The second-order valence-electron chi connectivity index (χ2n) is 4.21. The van der Waals surface area contributed by atoms with Crippen molar-refractivity contribution >= 4 is 0 Å². The third-order valence-corrected chi connectivity index (χ3v) is 2.81. The summed E-state index contributed by atoms with van der Waals surface area (Å²) in [5.41, 5.74) is 8.51. The lowest BCUT2D eigenvalue weighted by atomic mass is 10.0. The van der Waals surface area contributed by atoms with E-state index in [2.05, 4.69) is 37.6 Å². The van der Waals surface area contributed by atoms with Crippen LogP contribution in [-0.4, -0.2) is 31.8 Å². The molecule has 0 aliphatic carbocycles. The fourth-order valence-electron chi connectivity index (χ4n) is 1.78. The average Bonchev–Trinajstić information content (AvgIpc) is 2.90. The van der Waals surface area contributed by atoms with E-state index in [0.29, 0.717) is 6.42 Å². The minimum atomic E-state index is -0.970. The van der Waals surface area contributed by atoms with Crippen molar-refractivity contribution in [2.75, 3.05) is 0 Å². The Hall–Kier alpha value is -1.66. The van der Waals surface area contributed by atoms with Crippen molar-refractivity contribution in [1.29, 1.82) is 0 Å². The topological polar surface area (TPSA) is 123 Å². The molecule has 100 valence electrons. The molecule has 2 unspecified atom stereocenters. The summed E-state index contributed by atoms with van der Waals surface area (Å²) < 4.78 is 0. The normalized spacial score (nSPS) is 13.9.